The van der Waals surface area contributed by atoms with Gasteiger partial charge in [0.1, 0.15) is 23.7 Å². The molecule has 2 aliphatic rings. The van der Waals surface area contributed by atoms with Gasteiger partial charge in [-0.2, -0.15) is 0 Å². The van der Waals surface area contributed by atoms with E-state index in [4.69, 9.17) is 14.5 Å². The summed E-state index contributed by atoms with van der Waals surface area (Å²) in [5.74, 6) is 0.765. The maximum absolute atomic E-state index is 13.9. The number of imidazole rings is 1. The van der Waals surface area contributed by atoms with Gasteiger partial charge in [0.2, 0.25) is 5.91 Å². The van der Waals surface area contributed by atoms with Crippen LogP contribution in [0.4, 0.5) is 9.59 Å². The third kappa shape index (κ3) is 5.88. The molecule has 1 saturated heterocycles. The number of nitrogens with zero attached hydrogens (tertiary/aromatic N) is 4. The second kappa shape index (κ2) is 11.8. The first-order chi connectivity index (χ1) is 19.7. The summed E-state index contributed by atoms with van der Waals surface area (Å²) in [4.78, 5) is 52.8. The molecule has 4 amide bonds. The number of carbonyl (C=O) groups excluding carboxylic acids is 3. The zero-order chi connectivity index (χ0) is 29.3. The SMILES string of the molecule is COC(=O)NC(C(=O)N1CN(C(=O)N2Cc3ccc(OC)cc3C2)C[C@H]1c1nc(-c2ccc(Br)cc2)c[nH]1)C(C)C. The molecule has 5 rings (SSSR count). The molecule has 12 heteroatoms. The number of nitrogens with one attached hydrogen (secondary N) is 2. The molecule has 2 aliphatic heterocycles. The topological polar surface area (TPSA) is 120 Å². The van der Waals surface area contributed by atoms with Gasteiger partial charge >= 0.3 is 12.1 Å². The zero-order valence-corrected chi connectivity index (χ0v) is 25.0. The summed E-state index contributed by atoms with van der Waals surface area (Å²) in [5, 5.41) is 2.66. The van der Waals surface area contributed by atoms with Gasteiger partial charge in [-0.1, -0.05) is 48.0 Å². The van der Waals surface area contributed by atoms with Gasteiger partial charge < -0.3 is 34.5 Å². The Morgan fingerprint density at radius 1 is 1.05 bits per heavy atom. The van der Waals surface area contributed by atoms with Crippen molar-refractivity contribution in [2.45, 2.75) is 39.0 Å². The molecule has 2 atom stereocenters. The molecule has 1 fully saturated rings. The molecule has 2 aromatic carbocycles. The number of ether oxygens (including phenoxy) is 2. The van der Waals surface area contributed by atoms with Gasteiger partial charge in [0.05, 0.1) is 33.1 Å². The van der Waals surface area contributed by atoms with Crippen molar-refractivity contribution in [1.29, 1.82) is 0 Å². The molecule has 0 radical (unpaired) electrons. The van der Waals surface area contributed by atoms with Crippen molar-refractivity contribution in [2.75, 3.05) is 27.4 Å². The largest absolute Gasteiger partial charge is 0.497 e. The van der Waals surface area contributed by atoms with Crippen LogP contribution >= 0.6 is 15.9 Å². The van der Waals surface area contributed by atoms with E-state index in [0.29, 0.717) is 18.9 Å². The number of benzene rings is 2. The Labute approximate surface area is 246 Å². The standard InChI is InChI=1S/C29H33BrN6O5/c1-17(2)25(33-28(38)41-4)27(37)36-16-35(29(39)34-13-19-7-10-22(40-3)11-20(19)14-34)15-24(36)26-31-12-23(32-26)18-5-8-21(30)9-6-18/h5-12,17,24-25H,13-16H2,1-4H3,(H,31,32)(H,33,38)/t24-,25?/m0/s1. The van der Waals surface area contributed by atoms with Crippen molar-refractivity contribution in [2.24, 2.45) is 5.92 Å². The van der Waals surface area contributed by atoms with Crippen LogP contribution in [-0.4, -0.2) is 76.2 Å². The Hall–Kier alpha value is -4.06. The summed E-state index contributed by atoms with van der Waals surface area (Å²) in [6.45, 7) is 4.92. The summed E-state index contributed by atoms with van der Waals surface area (Å²) in [6.07, 6.45) is 1.10. The minimum absolute atomic E-state index is 0.0545. The van der Waals surface area contributed by atoms with Crippen LogP contribution < -0.4 is 10.1 Å². The monoisotopic (exact) mass is 624 g/mol. The van der Waals surface area contributed by atoms with Crippen molar-refractivity contribution in [3.8, 4) is 17.0 Å². The third-order valence-corrected chi connectivity index (χ3v) is 8.03. The van der Waals surface area contributed by atoms with Crippen LogP contribution in [0.15, 0.2) is 53.1 Å². The molecule has 1 aromatic heterocycles. The Morgan fingerprint density at radius 2 is 1.78 bits per heavy atom. The number of H-pyrrole nitrogens is 1. The molecule has 2 N–H and O–H groups in total. The van der Waals surface area contributed by atoms with Crippen molar-refractivity contribution >= 4 is 34.0 Å². The Kier molecular flexibility index (Phi) is 8.20. The van der Waals surface area contributed by atoms with E-state index >= 15 is 0 Å². The number of carbonyl (C=O) groups is 3. The molecule has 216 valence electrons. The first kappa shape index (κ1) is 28.5. The quantitative estimate of drug-likeness (QED) is 0.416. The number of alkyl carbamates (subject to hydrolysis) is 1. The van der Waals surface area contributed by atoms with Crippen LogP contribution in [0.25, 0.3) is 11.3 Å². The molecule has 41 heavy (non-hydrogen) atoms. The number of amides is 4. The maximum atomic E-state index is 13.9. The number of urea groups is 1. The minimum Gasteiger partial charge on any atom is -0.497 e. The molecular weight excluding hydrogens is 592 g/mol. The van der Waals surface area contributed by atoms with Gasteiger partial charge in [-0.25, -0.2) is 14.6 Å². The first-order valence-corrected chi connectivity index (χ1v) is 14.1. The van der Waals surface area contributed by atoms with Gasteiger partial charge in [0.25, 0.3) is 0 Å². The number of hydrogen-bond acceptors (Lipinski definition) is 6. The smallest absolute Gasteiger partial charge is 0.407 e. The van der Waals surface area contributed by atoms with Crippen LogP contribution in [0.5, 0.6) is 5.75 Å². The molecule has 0 saturated carbocycles. The number of hydrogen-bond donors (Lipinski definition) is 2. The molecule has 0 spiro atoms. The first-order valence-electron chi connectivity index (χ1n) is 13.3. The van der Waals surface area contributed by atoms with E-state index in [0.717, 1.165) is 32.6 Å². The Morgan fingerprint density at radius 3 is 2.46 bits per heavy atom. The van der Waals surface area contributed by atoms with Crippen molar-refractivity contribution in [1.82, 2.24) is 30.0 Å². The van der Waals surface area contributed by atoms with Crippen LogP contribution in [0.3, 0.4) is 0 Å². The van der Waals surface area contributed by atoms with Crippen molar-refractivity contribution in [3.63, 3.8) is 0 Å². The maximum Gasteiger partial charge on any atom is 0.407 e. The lowest BCUT2D eigenvalue weighted by atomic mass is 10.0. The number of halogens is 1. The highest BCUT2D eigenvalue weighted by molar-refractivity contribution is 9.10. The highest BCUT2D eigenvalue weighted by atomic mass is 79.9. The third-order valence-electron chi connectivity index (χ3n) is 7.50. The Balaban J connectivity index is 1.41. The molecule has 3 aromatic rings. The van der Waals surface area contributed by atoms with Crippen LogP contribution in [0, 0.1) is 5.92 Å². The van der Waals surface area contributed by atoms with Crippen LogP contribution in [0.2, 0.25) is 0 Å². The zero-order valence-electron chi connectivity index (χ0n) is 23.4. The van der Waals surface area contributed by atoms with Gasteiger partial charge in [0, 0.05) is 29.3 Å². The van der Waals surface area contributed by atoms with Gasteiger partial charge in [-0.3, -0.25) is 4.79 Å². The summed E-state index contributed by atoms with van der Waals surface area (Å²) < 4.78 is 11.1. The Bertz CT molecular complexity index is 1440. The highest BCUT2D eigenvalue weighted by Crippen LogP contribution is 2.33. The van der Waals surface area contributed by atoms with E-state index in [1.807, 2.05) is 56.3 Å². The lowest BCUT2D eigenvalue weighted by Crippen LogP contribution is -2.52. The predicted molar refractivity (Wildman–Crippen MR) is 155 cm³/mol. The van der Waals surface area contributed by atoms with E-state index in [2.05, 4.69) is 26.2 Å². The number of aromatic nitrogens is 2. The molecule has 11 nitrogen and oxygen atoms in total. The molecule has 3 heterocycles. The predicted octanol–water partition coefficient (Wildman–Crippen LogP) is 4.51. The van der Waals surface area contributed by atoms with Crippen LogP contribution in [0.1, 0.15) is 36.8 Å². The van der Waals surface area contributed by atoms with Gasteiger partial charge in [-0.05, 0) is 41.3 Å². The summed E-state index contributed by atoms with van der Waals surface area (Å²) in [7, 11) is 2.87. The van der Waals surface area contributed by atoms with Gasteiger partial charge in [0.15, 0.2) is 0 Å². The number of fused-ring (bicyclic) bond motifs is 1. The number of rotatable bonds is 6. The van der Waals surface area contributed by atoms with Gasteiger partial charge in [-0.15, -0.1) is 0 Å². The van der Waals surface area contributed by atoms with E-state index in [1.165, 1.54) is 7.11 Å². The fourth-order valence-corrected chi connectivity index (χ4v) is 5.49. The average molecular weight is 626 g/mol. The second-order valence-electron chi connectivity index (χ2n) is 10.5. The fraction of sp³-hybridized carbons (Fsp3) is 0.379. The normalized spacial score (nSPS) is 17.0. The van der Waals surface area contributed by atoms with Crippen molar-refractivity contribution < 1.29 is 23.9 Å². The van der Waals surface area contributed by atoms with E-state index in [-0.39, 0.29) is 31.1 Å². The molecule has 1 unspecified atom stereocenters. The molecule has 0 bridgehead atoms. The van der Waals surface area contributed by atoms with Crippen LogP contribution in [-0.2, 0) is 22.6 Å². The highest BCUT2D eigenvalue weighted by Gasteiger charge is 2.43. The average Bonchev–Trinajstić information content (AvgIpc) is 3.73. The minimum atomic E-state index is -0.843. The van der Waals surface area contributed by atoms with E-state index < -0.39 is 18.2 Å². The summed E-state index contributed by atoms with van der Waals surface area (Å²) in [5.41, 5.74) is 3.74. The summed E-state index contributed by atoms with van der Waals surface area (Å²) >= 11 is 3.45. The lowest BCUT2D eigenvalue weighted by molar-refractivity contribution is -0.135. The lowest BCUT2D eigenvalue weighted by Gasteiger charge is -2.29. The van der Waals surface area contributed by atoms with E-state index in [9.17, 15) is 14.4 Å². The second-order valence-corrected chi connectivity index (χ2v) is 11.4. The fourth-order valence-electron chi connectivity index (χ4n) is 5.23. The number of aromatic amines is 1. The molecular formula is C29H33BrN6O5. The number of methoxy groups -OCH3 is 2. The van der Waals surface area contributed by atoms with E-state index in [1.54, 1.807) is 28.0 Å². The molecule has 0 aliphatic carbocycles. The van der Waals surface area contributed by atoms with Crippen molar-refractivity contribution in [3.05, 3.63) is 70.1 Å². The summed E-state index contributed by atoms with van der Waals surface area (Å²) in [6, 6.07) is 12.0.